The van der Waals surface area contributed by atoms with Crippen LogP contribution in [0.5, 0.6) is 0 Å². The van der Waals surface area contributed by atoms with Gasteiger partial charge < -0.3 is 4.57 Å². The number of hydrogen-bond acceptors (Lipinski definition) is 0. The second-order valence-electron chi connectivity index (χ2n) is 1.69. The maximum absolute atomic E-state index is 2.96. The first-order chi connectivity index (χ1) is 3.30. The van der Waals surface area contributed by atoms with Gasteiger partial charge in [0.25, 0.3) is 0 Å². The molecule has 1 rings (SSSR count). The van der Waals surface area contributed by atoms with E-state index in [1.54, 1.807) is 0 Å². The highest BCUT2D eigenvalue weighted by molar-refractivity contribution is 5.01. The summed E-state index contributed by atoms with van der Waals surface area (Å²) in [6, 6.07) is 4.92. The standard InChI is InChI=1S/C6H8N/c1-6-4-3-5-7(6)2/h4-5H,1-2H3. The van der Waals surface area contributed by atoms with Crippen LogP contribution in [0.15, 0.2) is 12.3 Å². The van der Waals surface area contributed by atoms with Crippen molar-refractivity contribution in [2.45, 2.75) is 6.92 Å². The Bertz CT molecular complexity index is 136. The molecule has 1 aromatic rings. The van der Waals surface area contributed by atoms with Gasteiger partial charge in [0.05, 0.1) is 0 Å². The van der Waals surface area contributed by atoms with E-state index in [4.69, 9.17) is 0 Å². The summed E-state index contributed by atoms with van der Waals surface area (Å²) in [5, 5.41) is 0. The van der Waals surface area contributed by atoms with Crippen molar-refractivity contribution >= 4 is 0 Å². The smallest absolute Gasteiger partial charge is 0.0147 e. The highest BCUT2D eigenvalue weighted by Gasteiger charge is 1.82. The van der Waals surface area contributed by atoms with Gasteiger partial charge in [-0.25, -0.2) is 0 Å². The lowest BCUT2D eigenvalue weighted by atomic mass is 10.5. The highest BCUT2D eigenvalue weighted by atomic mass is 14.9. The Labute approximate surface area is 43.6 Å². The predicted molar refractivity (Wildman–Crippen MR) is 29.0 cm³/mol. The van der Waals surface area contributed by atoms with Crippen molar-refractivity contribution < 1.29 is 0 Å². The number of aromatic nitrogens is 1. The summed E-state index contributed by atoms with van der Waals surface area (Å²) >= 11 is 0. The maximum Gasteiger partial charge on any atom is 0.0147 e. The van der Waals surface area contributed by atoms with Gasteiger partial charge in [0.15, 0.2) is 0 Å². The molecule has 0 N–H and O–H groups in total. The van der Waals surface area contributed by atoms with E-state index in [1.165, 1.54) is 5.69 Å². The first-order valence-electron chi connectivity index (χ1n) is 2.30. The first-order valence-corrected chi connectivity index (χ1v) is 2.30. The average Bonchev–Trinajstić information content (AvgIpc) is 1.91. The average molecular weight is 94.1 g/mol. The third kappa shape index (κ3) is 0.660. The number of hydrogen-bond donors (Lipinski definition) is 0. The molecule has 1 heterocycles. The van der Waals surface area contributed by atoms with E-state index >= 15 is 0 Å². The van der Waals surface area contributed by atoms with E-state index in [9.17, 15) is 0 Å². The minimum absolute atomic E-state index is 1.25. The van der Waals surface area contributed by atoms with E-state index in [2.05, 4.69) is 13.0 Å². The summed E-state index contributed by atoms with van der Waals surface area (Å²) in [7, 11) is 2.01. The van der Waals surface area contributed by atoms with Crippen molar-refractivity contribution in [2.24, 2.45) is 7.05 Å². The van der Waals surface area contributed by atoms with Crippen molar-refractivity contribution in [1.82, 2.24) is 4.57 Å². The summed E-state index contributed by atoms with van der Waals surface area (Å²) in [4.78, 5) is 0. The molecule has 1 nitrogen and oxygen atoms in total. The van der Waals surface area contributed by atoms with Gasteiger partial charge in [-0.05, 0) is 13.0 Å². The quantitative estimate of drug-likeness (QED) is 0.454. The van der Waals surface area contributed by atoms with Crippen LogP contribution in [0.3, 0.4) is 0 Å². The summed E-state index contributed by atoms with van der Waals surface area (Å²) in [5.41, 5.74) is 1.25. The van der Waals surface area contributed by atoms with Gasteiger partial charge in [-0.2, -0.15) is 0 Å². The number of nitrogens with zero attached hydrogens (tertiary/aromatic N) is 1. The number of aryl methyl sites for hydroxylation is 2. The zero-order valence-corrected chi connectivity index (χ0v) is 4.60. The molecule has 0 amide bonds. The molecule has 0 spiro atoms. The van der Waals surface area contributed by atoms with Crippen molar-refractivity contribution in [3.63, 3.8) is 0 Å². The van der Waals surface area contributed by atoms with Gasteiger partial charge in [0, 0.05) is 25.0 Å². The summed E-state index contributed by atoms with van der Waals surface area (Å²) in [5.74, 6) is 0. The van der Waals surface area contributed by atoms with Crippen LogP contribution in [-0.2, 0) is 7.05 Å². The van der Waals surface area contributed by atoms with Gasteiger partial charge in [-0.3, -0.25) is 0 Å². The summed E-state index contributed by atoms with van der Waals surface area (Å²) < 4.78 is 2.03. The molecule has 0 fully saturated rings. The van der Waals surface area contributed by atoms with E-state index in [-0.39, 0.29) is 0 Å². The lowest BCUT2D eigenvalue weighted by molar-refractivity contribution is 0.882. The van der Waals surface area contributed by atoms with E-state index in [1.807, 2.05) is 23.9 Å². The molecule has 0 aliphatic carbocycles. The molecule has 7 heavy (non-hydrogen) atoms. The van der Waals surface area contributed by atoms with Crippen LogP contribution >= 0.6 is 0 Å². The Kier molecular flexibility index (Phi) is 0.895. The fourth-order valence-electron chi connectivity index (χ4n) is 0.473. The van der Waals surface area contributed by atoms with Gasteiger partial charge in [0.2, 0.25) is 0 Å². The second kappa shape index (κ2) is 1.41. The molecule has 1 aromatic heterocycles. The topological polar surface area (TPSA) is 4.93 Å². The monoisotopic (exact) mass is 94.1 g/mol. The minimum atomic E-state index is 1.25. The molecule has 0 aliphatic heterocycles. The molecular weight excluding hydrogens is 86.1 g/mol. The lowest BCUT2D eigenvalue weighted by Crippen LogP contribution is -1.84. The van der Waals surface area contributed by atoms with Crippen LogP contribution in [0.25, 0.3) is 0 Å². The highest BCUT2D eigenvalue weighted by Crippen LogP contribution is 1.92. The Morgan fingerprint density at radius 2 is 2.43 bits per heavy atom. The van der Waals surface area contributed by atoms with Crippen LogP contribution in [-0.4, -0.2) is 4.57 Å². The Balaban J connectivity index is 3.12. The molecule has 0 aliphatic rings. The molecule has 1 radical (unpaired) electrons. The lowest BCUT2D eigenvalue weighted by Gasteiger charge is -1.89. The third-order valence-corrected chi connectivity index (χ3v) is 1.12. The first kappa shape index (κ1) is 4.44. The summed E-state index contributed by atoms with van der Waals surface area (Å²) in [6.07, 6.45) is 1.91. The molecule has 37 valence electrons. The molecular formula is C6H8N. The molecule has 1 heteroatoms. The minimum Gasteiger partial charge on any atom is -0.354 e. The Hall–Kier alpha value is -0.720. The maximum atomic E-state index is 2.96. The zero-order chi connectivity index (χ0) is 5.28. The van der Waals surface area contributed by atoms with Crippen molar-refractivity contribution in [3.8, 4) is 0 Å². The van der Waals surface area contributed by atoms with Crippen LogP contribution in [0, 0.1) is 13.0 Å². The van der Waals surface area contributed by atoms with Crippen molar-refractivity contribution in [1.29, 1.82) is 0 Å². The SMILES string of the molecule is Cc1c[c]cn1C. The molecule has 0 saturated carbocycles. The molecule has 0 aromatic carbocycles. The Morgan fingerprint density at radius 3 is 2.57 bits per heavy atom. The fourth-order valence-corrected chi connectivity index (χ4v) is 0.473. The molecule has 0 atom stereocenters. The number of rotatable bonds is 0. The third-order valence-electron chi connectivity index (χ3n) is 1.12. The summed E-state index contributed by atoms with van der Waals surface area (Å²) in [6.45, 7) is 2.05. The fraction of sp³-hybridized carbons (Fsp3) is 0.333. The molecule has 0 bridgehead atoms. The van der Waals surface area contributed by atoms with E-state index < -0.39 is 0 Å². The van der Waals surface area contributed by atoms with E-state index in [0.717, 1.165) is 0 Å². The van der Waals surface area contributed by atoms with Crippen LogP contribution in [0.4, 0.5) is 0 Å². The van der Waals surface area contributed by atoms with Gasteiger partial charge in [0.1, 0.15) is 0 Å². The van der Waals surface area contributed by atoms with Crippen LogP contribution in [0.2, 0.25) is 0 Å². The normalized spacial score (nSPS) is 9.43. The zero-order valence-electron chi connectivity index (χ0n) is 4.60. The van der Waals surface area contributed by atoms with Gasteiger partial charge in [-0.1, -0.05) is 0 Å². The second-order valence-corrected chi connectivity index (χ2v) is 1.69. The largest absolute Gasteiger partial charge is 0.354 e. The van der Waals surface area contributed by atoms with Crippen LogP contribution < -0.4 is 0 Å². The molecule has 0 unspecified atom stereocenters. The van der Waals surface area contributed by atoms with Crippen molar-refractivity contribution in [2.75, 3.05) is 0 Å². The van der Waals surface area contributed by atoms with Gasteiger partial charge in [-0.15, -0.1) is 0 Å². The molecule has 0 saturated heterocycles. The predicted octanol–water partition coefficient (Wildman–Crippen LogP) is 1.13. The van der Waals surface area contributed by atoms with Crippen molar-refractivity contribution in [3.05, 3.63) is 24.0 Å². The Morgan fingerprint density at radius 1 is 1.71 bits per heavy atom. The van der Waals surface area contributed by atoms with E-state index in [0.29, 0.717) is 0 Å². The van der Waals surface area contributed by atoms with Crippen LogP contribution in [0.1, 0.15) is 5.69 Å². The van der Waals surface area contributed by atoms with Gasteiger partial charge >= 0.3 is 0 Å².